The number of aromatic amines is 1. The third kappa shape index (κ3) is 2.13. The van der Waals surface area contributed by atoms with Gasteiger partial charge in [-0.2, -0.15) is 18.4 Å². The topological polar surface area (TPSA) is 56.6 Å². The van der Waals surface area contributed by atoms with Gasteiger partial charge in [-0.15, -0.1) is 0 Å². The molecule has 0 saturated heterocycles. The van der Waals surface area contributed by atoms with Crippen LogP contribution in [0.25, 0.3) is 0 Å². The van der Waals surface area contributed by atoms with Crippen LogP contribution < -0.4 is 5.56 Å². The number of hydrogen-bond donors (Lipinski definition) is 1. The van der Waals surface area contributed by atoms with Crippen molar-refractivity contribution in [1.29, 1.82) is 5.26 Å². The second-order valence-corrected chi connectivity index (χ2v) is 4.33. The lowest BCUT2D eigenvalue weighted by molar-refractivity contribution is -0.138. The average Bonchev–Trinajstić information content (AvgIpc) is 2.50. The Hall–Kier alpha value is -1.77. The SMILES string of the molecule is N#Cc1c(C(F)(F)F)c2c([nH]c1=O)CCCCC2. The molecule has 0 spiro atoms. The Morgan fingerprint density at radius 3 is 2.44 bits per heavy atom. The number of pyridine rings is 1. The van der Waals surface area contributed by atoms with Crippen LogP contribution in [0.15, 0.2) is 4.79 Å². The van der Waals surface area contributed by atoms with Gasteiger partial charge in [-0.25, -0.2) is 0 Å². The van der Waals surface area contributed by atoms with Gasteiger partial charge in [0.1, 0.15) is 11.6 Å². The molecule has 0 aliphatic heterocycles. The average molecular weight is 256 g/mol. The molecule has 0 fully saturated rings. The lowest BCUT2D eigenvalue weighted by Gasteiger charge is -2.16. The minimum Gasteiger partial charge on any atom is -0.325 e. The van der Waals surface area contributed by atoms with Gasteiger partial charge in [-0.3, -0.25) is 4.79 Å². The monoisotopic (exact) mass is 256 g/mol. The molecular formula is C12H11F3N2O. The molecule has 6 heteroatoms. The summed E-state index contributed by atoms with van der Waals surface area (Å²) in [4.78, 5) is 13.9. The van der Waals surface area contributed by atoms with Crippen molar-refractivity contribution >= 4 is 0 Å². The second kappa shape index (κ2) is 4.48. The summed E-state index contributed by atoms with van der Waals surface area (Å²) in [6.45, 7) is 0. The van der Waals surface area contributed by atoms with Gasteiger partial charge in [0, 0.05) is 5.69 Å². The van der Waals surface area contributed by atoms with Gasteiger partial charge in [0.05, 0.1) is 5.56 Å². The number of nitrogens with one attached hydrogen (secondary N) is 1. The number of nitrogens with zero attached hydrogens (tertiary/aromatic N) is 1. The molecule has 0 aromatic carbocycles. The highest BCUT2D eigenvalue weighted by Crippen LogP contribution is 2.36. The third-order valence-electron chi connectivity index (χ3n) is 3.16. The Balaban J connectivity index is 2.78. The van der Waals surface area contributed by atoms with Crippen molar-refractivity contribution in [3.05, 3.63) is 32.7 Å². The van der Waals surface area contributed by atoms with E-state index in [9.17, 15) is 18.0 Å². The standard InChI is InChI=1S/C12H11F3N2O/c13-12(14,15)10-7-4-2-1-3-5-9(7)17-11(18)8(10)6-16/h1-5H2,(H,17,18). The summed E-state index contributed by atoms with van der Waals surface area (Å²) in [7, 11) is 0. The first-order valence-electron chi connectivity index (χ1n) is 5.70. The molecule has 18 heavy (non-hydrogen) atoms. The van der Waals surface area contributed by atoms with Gasteiger partial charge in [0.25, 0.3) is 5.56 Å². The molecule has 0 unspecified atom stereocenters. The zero-order valence-corrected chi connectivity index (χ0v) is 9.52. The van der Waals surface area contributed by atoms with Crippen LogP contribution >= 0.6 is 0 Å². The minimum absolute atomic E-state index is 0.0937. The molecule has 0 atom stereocenters. The summed E-state index contributed by atoms with van der Waals surface area (Å²) in [6.07, 6.45) is -1.74. The van der Waals surface area contributed by atoms with Crippen molar-refractivity contribution in [3.8, 4) is 6.07 Å². The van der Waals surface area contributed by atoms with Crippen LogP contribution in [0.3, 0.4) is 0 Å². The summed E-state index contributed by atoms with van der Waals surface area (Å²) in [5.74, 6) is 0. The van der Waals surface area contributed by atoms with Crippen LogP contribution in [-0.2, 0) is 19.0 Å². The fourth-order valence-electron chi connectivity index (χ4n) is 2.38. The summed E-state index contributed by atoms with van der Waals surface area (Å²) in [6, 6.07) is 1.38. The van der Waals surface area contributed by atoms with E-state index in [1.807, 2.05) is 0 Å². The maximum absolute atomic E-state index is 13.0. The van der Waals surface area contributed by atoms with Crippen molar-refractivity contribution in [1.82, 2.24) is 4.98 Å². The molecule has 1 N–H and O–H groups in total. The number of hydrogen-bond acceptors (Lipinski definition) is 2. The van der Waals surface area contributed by atoms with E-state index in [4.69, 9.17) is 5.26 Å². The number of nitriles is 1. The van der Waals surface area contributed by atoms with E-state index >= 15 is 0 Å². The smallest absolute Gasteiger partial charge is 0.325 e. The molecule has 0 bridgehead atoms. The van der Waals surface area contributed by atoms with Crippen LogP contribution in [-0.4, -0.2) is 4.98 Å². The molecule has 1 aliphatic rings. The van der Waals surface area contributed by atoms with E-state index in [0.717, 1.165) is 12.8 Å². The van der Waals surface area contributed by atoms with Crippen molar-refractivity contribution in [3.63, 3.8) is 0 Å². The predicted molar refractivity (Wildman–Crippen MR) is 58.0 cm³/mol. The minimum atomic E-state index is -4.66. The third-order valence-corrected chi connectivity index (χ3v) is 3.16. The van der Waals surface area contributed by atoms with Crippen LogP contribution in [0.2, 0.25) is 0 Å². The second-order valence-electron chi connectivity index (χ2n) is 4.33. The van der Waals surface area contributed by atoms with E-state index in [0.29, 0.717) is 18.5 Å². The van der Waals surface area contributed by atoms with Crippen LogP contribution in [0.5, 0.6) is 0 Å². The fraction of sp³-hybridized carbons (Fsp3) is 0.500. The number of halogens is 3. The quantitative estimate of drug-likeness (QED) is 0.725. The maximum atomic E-state index is 13.0. The number of aryl methyl sites for hydroxylation is 1. The molecule has 2 rings (SSSR count). The highest BCUT2D eigenvalue weighted by Gasteiger charge is 2.39. The Labute approximate surface area is 101 Å². The molecule has 0 radical (unpaired) electrons. The first-order valence-corrected chi connectivity index (χ1v) is 5.70. The number of aromatic nitrogens is 1. The first kappa shape index (κ1) is 12.7. The summed E-state index contributed by atoms with van der Waals surface area (Å²) in [5.41, 5.74) is -2.36. The van der Waals surface area contributed by atoms with Crippen molar-refractivity contribution in [2.24, 2.45) is 0 Å². The van der Waals surface area contributed by atoms with Gasteiger partial charge in [0.2, 0.25) is 0 Å². The Morgan fingerprint density at radius 2 is 1.83 bits per heavy atom. The molecule has 1 aromatic rings. The molecule has 1 aliphatic carbocycles. The van der Waals surface area contributed by atoms with Gasteiger partial charge >= 0.3 is 6.18 Å². The molecule has 0 saturated carbocycles. The van der Waals surface area contributed by atoms with E-state index in [2.05, 4.69) is 4.98 Å². The summed E-state index contributed by atoms with van der Waals surface area (Å²) < 4.78 is 39.1. The van der Waals surface area contributed by atoms with Crippen molar-refractivity contribution in [2.75, 3.05) is 0 Å². The van der Waals surface area contributed by atoms with Gasteiger partial charge in [0.15, 0.2) is 0 Å². The molecule has 1 heterocycles. The largest absolute Gasteiger partial charge is 0.418 e. The number of H-pyrrole nitrogens is 1. The lowest BCUT2D eigenvalue weighted by Crippen LogP contribution is -2.24. The molecular weight excluding hydrogens is 245 g/mol. The van der Waals surface area contributed by atoms with Crippen LogP contribution in [0.4, 0.5) is 13.2 Å². The van der Waals surface area contributed by atoms with E-state index in [1.165, 1.54) is 6.07 Å². The Morgan fingerprint density at radius 1 is 1.17 bits per heavy atom. The Bertz CT molecular complexity index is 566. The van der Waals surface area contributed by atoms with E-state index in [-0.39, 0.29) is 12.0 Å². The van der Waals surface area contributed by atoms with Crippen molar-refractivity contribution < 1.29 is 13.2 Å². The number of fused-ring (bicyclic) bond motifs is 1. The molecule has 96 valence electrons. The van der Waals surface area contributed by atoms with Gasteiger partial charge in [-0.1, -0.05) is 6.42 Å². The van der Waals surface area contributed by atoms with Gasteiger partial charge in [-0.05, 0) is 31.2 Å². The first-order chi connectivity index (χ1) is 8.45. The maximum Gasteiger partial charge on any atom is 0.418 e. The summed E-state index contributed by atoms with van der Waals surface area (Å²) >= 11 is 0. The van der Waals surface area contributed by atoms with Crippen molar-refractivity contribution in [2.45, 2.75) is 38.3 Å². The summed E-state index contributed by atoms with van der Waals surface area (Å²) in [5, 5.41) is 8.76. The number of rotatable bonds is 0. The normalized spacial score (nSPS) is 15.7. The van der Waals surface area contributed by atoms with Crippen LogP contribution in [0, 0.1) is 11.3 Å². The highest BCUT2D eigenvalue weighted by molar-refractivity contribution is 5.45. The Kier molecular flexibility index (Phi) is 3.16. The van der Waals surface area contributed by atoms with Gasteiger partial charge < -0.3 is 4.98 Å². The zero-order valence-electron chi connectivity index (χ0n) is 9.52. The van der Waals surface area contributed by atoms with E-state index in [1.54, 1.807) is 0 Å². The van der Waals surface area contributed by atoms with E-state index < -0.39 is 22.9 Å². The highest BCUT2D eigenvalue weighted by atomic mass is 19.4. The van der Waals surface area contributed by atoms with Crippen LogP contribution in [0.1, 0.15) is 41.6 Å². The zero-order chi connectivity index (χ0) is 13.3. The predicted octanol–water partition coefficient (Wildman–Crippen LogP) is 2.53. The fourth-order valence-corrected chi connectivity index (χ4v) is 2.38. The number of alkyl halides is 3. The molecule has 0 amide bonds. The molecule has 1 aromatic heterocycles. The molecule has 3 nitrogen and oxygen atoms in total. The lowest BCUT2D eigenvalue weighted by atomic mass is 9.97.